The van der Waals surface area contributed by atoms with Gasteiger partial charge >= 0.3 is 5.97 Å². The van der Waals surface area contributed by atoms with Crippen LogP contribution in [0.25, 0.3) is 0 Å². The molecule has 0 atom stereocenters. The number of ether oxygens (including phenoxy) is 1. The van der Waals surface area contributed by atoms with Crippen LogP contribution < -0.4 is 5.73 Å². The van der Waals surface area contributed by atoms with Gasteiger partial charge in [-0.15, -0.1) is 0 Å². The number of oxime groups is 1. The molecule has 0 amide bonds. The predicted molar refractivity (Wildman–Crippen MR) is 43.0 cm³/mol. The molecule has 0 aliphatic heterocycles. The first-order chi connectivity index (χ1) is 5.63. The molecule has 0 saturated heterocycles. The van der Waals surface area contributed by atoms with Crippen LogP contribution in [0.4, 0.5) is 0 Å². The Labute approximate surface area is 69.8 Å². The Bertz CT molecular complexity index is 212. The number of nitrogens with two attached hydrogens (primary N) is 1. The summed E-state index contributed by atoms with van der Waals surface area (Å²) in [5, 5.41) is 10.2. The molecule has 68 valence electrons. The molecular weight excluding hydrogens is 162 g/mol. The zero-order valence-corrected chi connectivity index (χ0v) is 6.96. The van der Waals surface area contributed by atoms with Gasteiger partial charge in [0, 0.05) is 0 Å². The second-order valence-corrected chi connectivity index (χ2v) is 1.76. The van der Waals surface area contributed by atoms with Gasteiger partial charge in [-0.2, -0.15) is 0 Å². The number of nitrogens with zero attached hydrogens (tertiary/aromatic N) is 1. The Morgan fingerprint density at radius 2 is 2.25 bits per heavy atom. The van der Waals surface area contributed by atoms with Gasteiger partial charge < -0.3 is 15.3 Å². The van der Waals surface area contributed by atoms with Crippen LogP contribution in [-0.2, 0) is 14.4 Å². The lowest BCUT2D eigenvalue weighted by molar-refractivity contribution is -0.132. The fourth-order valence-electron chi connectivity index (χ4n) is 0.422. The third-order valence-electron chi connectivity index (χ3n) is 0.919. The molecule has 6 nitrogen and oxygen atoms in total. The van der Waals surface area contributed by atoms with E-state index in [1.54, 1.807) is 6.92 Å². The maximum atomic E-state index is 10.8. The van der Waals surface area contributed by atoms with Gasteiger partial charge in [-0.25, -0.2) is 4.79 Å². The van der Waals surface area contributed by atoms with Crippen LogP contribution in [0.1, 0.15) is 6.92 Å². The van der Waals surface area contributed by atoms with Crippen molar-refractivity contribution in [1.29, 1.82) is 5.41 Å². The molecule has 3 N–H and O–H groups in total. The molecule has 0 aromatic heterocycles. The van der Waals surface area contributed by atoms with E-state index in [-0.39, 0.29) is 5.71 Å². The molecule has 0 aliphatic carbocycles. The summed E-state index contributed by atoms with van der Waals surface area (Å²) in [5.41, 5.74) is 4.71. The van der Waals surface area contributed by atoms with Crippen LogP contribution in [0.2, 0.25) is 0 Å². The topological polar surface area (TPSA) is 97.8 Å². The molecule has 0 aromatic carbocycles. The highest BCUT2D eigenvalue weighted by Crippen LogP contribution is 1.85. The highest BCUT2D eigenvalue weighted by atomic mass is 16.6. The van der Waals surface area contributed by atoms with Crippen molar-refractivity contribution in [2.24, 2.45) is 10.9 Å². The predicted octanol–water partition coefficient (Wildman–Crippen LogP) is -0.512. The summed E-state index contributed by atoms with van der Waals surface area (Å²) in [6, 6.07) is 0. The number of esters is 1. The maximum Gasteiger partial charge on any atom is 0.363 e. The smallest absolute Gasteiger partial charge is 0.363 e. The van der Waals surface area contributed by atoms with Gasteiger partial charge in [-0.1, -0.05) is 5.16 Å². The molecule has 12 heavy (non-hydrogen) atoms. The number of carbonyl (C=O) groups is 1. The lowest BCUT2D eigenvalue weighted by Gasteiger charge is -2.00. The number of amidine groups is 1. The van der Waals surface area contributed by atoms with Gasteiger partial charge in [0.1, 0.15) is 6.61 Å². The van der Waals surface area contributed by atoms with Crippen molar-refractivity contribution in [3.63, 3.8) is 0 Å². The highest BCUT2D eigenvalue weighted by Gasteiger charge is 2.15. The summed E-state index contributed by atoms with van der Waals surface area (Å²) in [5.74, 6) is -1.26. The van der Waals surface area contributed by atoms with E-state index in [9.17, 15) is 4.79 Å². The summed E-state index contributed by atoms with van der Waals surface area (Å²) in [4.78, 5) is 15.4. The average molecular weight is 173 g/mol. The van der Waals surface area contributed by atoms with Crippen molar-refractivity contribution in [2.75, 3.05) is 13.7 Å². The SMILES string of the molecule is CCO/N=C(\C(=N)N)C(=O)OC. The van der Waals surface area contributed by atoms with Gasteiger partial charge in [0.25, 0.3) is 0 Å². The minimum absolute atomic E-state index is 0.299. The van der Waals surface area contributed by atoms with Gasteiger partial charge in [0.2, 0.25) is 5.71 Å². The fraction of sp³-hybridized carbons (Fsp3) is 0.500. The van der Waals surface area contributed by atoms with E-state index in [0.29, 0.717) is 6.61 Å². The molecule has 0 spiro atoms. The van der Waals surface area contributed by atoms with Crippen LogP contribution >= 0.6 is 0 Å². The highest BCUT2D eigenvalue weighted by molar-refractivity contribution is 6.64. The van der Waals surface area contributed by atoms with Crippen molar-refractivity contribution in [3.05, 3.63) is 0 Å². The summed E-state index contributed by atoms with van der Waals surface area (Å²) in [6.07, 6.45) is 0. The number of methoxy groups -OCH3 is 1. The van der Waals surface area contributed by atoms with Crippen LogP contribution in [0.3, 0.4) is 0 Å². The monoisotopic (exact) mass is 173 g/mol. The van der Waals surface area contributed by atoms with Crippen molar-refractivity contribution in [2.45, 2.75) is 6.92 Å². The first-order valence-corrected chi connectivity index (χ1v) is 3.26. The zero-order chi connectivity index (χ0) is 9.56. The second kappa shape index (κ2) is 5.11. The van der Waals surface area contributed by atoms with Gasteiger partial charge in [0.15, 0.2) is 5.84 Å². The van der Waals surface area contributed by atoms with Gasteiger partial charge in [0.05, 0.1) is 7.11 Å². The van der Waals surface area contributed by atoms with Crippen molar-refractivity contribution in [3.8, 4) is 0 Å². The van der Waals surface area contributed by atoms with E-state index in [1.165, 1.54) is 7.11 Å². The Balaban J connectivity index is 4.43. The molecule has 0 radical (unpaired) electrons. The van der Waals surface area contributed by atoms with Crippen LogP contribution in [0.5, 0.6) is 0 Å². The van der Waals surface area contributed by atoms with Crippen LogP contribution in [0, 0.1) is 5.41 Å². The fourth-order valence-corrected chi connectivity index (χ4v) is 0.422. The van der Waals surface area contributed by atoms with E-state index in [0.717, 1.165) is 0 Å². The maximum absolute atomic E-state index is 10.8. The molecule has 0 bridgehead atoms. The van der Waals surface area contributed by atoms with E-state index in [1.807, 2.05) is 0 Å². The minimum Gasteiger partial charge on any atom is -0.464 e. The van der Waals surface area contributed by atoms with Gasteiger partial charge in [-0.05, 0) is 6.92 Å². The van der Waals surface area contributed by atoms with E-state index >= 15 is 0 Å². The number of hydrogen-bond donors (Lipinski definition) is 2. The molecule has 0 aliphatic rings. The van der Waals surface area contributed by atoms with Crippen molar-refractivity contribution in [1.82, 2.24) is 0 Å². The van der Waals surface area contributed by atoms with Gasteiger partial charge in [-0.3, -0.25) is 5.41 Å². The Kier molecular flexibility index (Phi) is 4.43. The molecule has 0 saturated carbocycles. The quantitative estimate of drug-likeness (QED) is 0.259. The summed E-state index contributed by atoms with van der Waals surface area (Å²) in [6.45, 7) is 1.99. The molecule has 0 heterocycles. The van der Waals surface area contributed by atoms with E-state index < -0.39 is 11.8 Å². The van der Waals surface area contributed by atoms with E-state index in [4.69, 9.17) is 11.1 Å². The Morgan fingerprint density at radius 3 is 2.58 bits per heavy atom. The summed E-state index contributed by atoms with van der Waals surface area (Å²) >= 11 is 0. The summed E-state index contributed by atoms with van der Waals surface area (Å²) in [7, 11) is 1.17. The first kappa shape index (κ1) is 10.4. The zero-order valence-electron chi connectivity index (χ0n) is 6.96. The lowest BCUT2D eigenvalue weighted by Crippen LogP contribution is -2.31. The molecule has 0 aromatic rings. The Morgan fingerprint density at radius 1 is 1.67 bits per heavy atom. The average Bonchev–Trinajstić information content (AvgIpc) is 2.04. The molecule has 6 heteroatoms. The molecule has 0 rings (SSSR count). The number of hydrogen-bond acceptors (Lipinski definition) is 5. The Hall–Kier alpha value is -1.59. The largest absolute Gasteiger partial charge is 0.464 e. The third kappa shape index (κ3) is 3.00. The molecule has 0 unspecified atom stereocenters. The normalized spacial score (nSPS) is 10.7. The lowest BCUT2D eigenvalue weighted by atomic mass is 10.3. The van der Waals surface area contributed by atoms with Crippen LogP contribution in [-0.4, -0.2) is 31.2 Å². The minimum atomic E-state index is -0.782. The molecular formula is C6H11N3O3. The van der Waals surface area contributed by atoms with E-state index in [2.05, 4.69) is 14.7 Å². The second-order valence-electron chi connectivity index (χ2n) is 1.76. The number of rotatable bonds is 4. The van der Waals surface area contributed by atoms with Crippen LogP contribution in [0.15, 0.2) is 5.16 Å². The molecule has 0 fully saturated rings. The standard InChI is InChI=1S/C6H11N3O3/c1-3-12-9-4(5(7)8)6(10)11-2/h3H2,1-2H3,(H3,7,8)/b9-4+. The third-order valence-corrected chi connectivity index (χ3v) is 0.919. The summed E-state index contributed by atoms with van der Waals surface area (Å²) < 4.78 is 4.30. The number of nitrogens with one attached hydrogen (secondary N) is 1. The first-order valence-electron chi connectivity index (χ1n) is 3.26. The van der Waals surface area contributed by atoms with Crippen molar-refractivity contribution >= 4 is 17.5 Å². The number of carbonyl (C=O) groups excluding carboxylic acids is 1. The van der Waals surface area contributed by atoms with Crippen molar-refractivity contribution < 1.29 is 14.4 Å².